The van der Waals surface area contributed by atoms with E-state index in [1.165, 1.54) is 4.31 Å². The van der Waals surface area contributed by atoms with Gasteiger partial charge in [0.2, 0.25) is 0 Å². The van der Waals surface area contributed by atoms with E-state index >= 15 is 0 Å². The number of hydrogen-bond acceptors (Lipinski definition) is 5. The van der Waals surface area contributed by atoms with Gasteiger partial charge < -0.3 is 10.1 Å². The van der Waals surface area contributed by atoms with Crippen LogP contribution in [0.15, 0.2) is 0 Å². The minimum Gasteiger partial charge on any atom is -0.452 e. The van der Waals surface area contributed by atoms with Crippen LogP contribution >= 0.6 is 0 Å². The molecule has 0 bridgehead atoms. The summed E-state index contributed by atoms with van der Waals surface area (Å²) in [6, 6.07) is 0.0768. The number of nitrogens with one attached hydrogen (secondary N) is 2. The van der Waals surface area contributed by atoms with Gasteiger partial charge in [0.25, 0.3) is 0 Å². The number of piperazine rings is 1. The molecule has 1 aliphatic heterocycles. The molecule has 0 aromatic carbocycles. The maximum atomic E-state index is 11.6. The molecule has 1 heterocycles. The van der Waals surface area contributed by atoms with Crippen molar-refractivity contribution < 1.29 is 17.9 Å². The quantitative estimate of drug-likeness (QED) is 0.635. The molecule has 1 saturated heterocycles. The monoisotopic (exact) mass is 237 g/mol. The van der Waals surface area contributed by atoms with E-state index in [0.29, 0.717) is 19.6 Å². The zero-order chi connectivity index (χ0) is 11.5. The number of rotatable bonds is 2. The molecule has 0 saturated carbocycles. The molecular formula is C7H15N3O4S. The van der Waals surface area contributed by atoms with Gasteiger partial charge in [-0.1, -0.05) is 0 Å². The van der Waals surface area contributed by atoms with Gasteiger partial charge in [-0.25, -0.2) is 9.52 Å². The molecule has 0 aliphatic carbocycles. The Morgan fingerprint density at radius 2 is 2.27 bits per heavy atom. The van der Waals surface area contributed by atoms with Crippen LogP contribution in [0.2, 0.25) is 0 Å². The first-order chi connectivity index (χ1) is 6.95. The van der Waals surface area contributed by atoms with Crippen LogP contribution in [0.1, 0.15) is 6.92 Å². The van der Waals surface area contributed by atoms with Gasteiger partial charge in [0.15, 0.2) is 0 Å². The Bertz CT molecular complexity index is 329. The molecule has 1 unspecified atom stereocenters. The number of amides is 1. The van der Waals surface area contributed by atoms with Crippen molar-refractivity contribution in [3.63, 3.8) is 0 Å². The highest BCUT2D eigenvalue weighted by atomic mass is 32.2. The lowest BCUT2D eigenvalue weighted by Crippen LogP contribution is -2.55. The molecule has 1 amide bonds. The molecule has 15 heavy (non-hydrogen) atoms. The molecule has 0 radical (unpaired) electrons. The van der Waals surface area contributed by atoms with Gasteiger partial charge >= 0.3 is 16.3 Å². The van der Waals surface area contributed by atoms with Crippen LogP contribution in [0.5, 0.6) is 0 Å². The third-order valence-electron chi connectivity index (χ3n) is 2.07. The summed E-state index contributed by atoms with van der Waals surface area (Å²) < 4.78 is 30.4. The average Bonchev–Trinajstić information content (AvgIpc) is 2.17. The fraction of sp³-hybridized carbons (Fsp3) is 0.857. The molecule has 0 spiro atoms. The minimum absolute atomic E-state index is 0.0768. The zero-order valence-corrected chi connectivity index (χ0v) is 9.50. The van der Waals surface area contributed by atoms with Gasteiger partial charge in [-0.05, 0) is 6.92 Å². The summed E-state index contributed by atoms with van der Waals surface area (Å²) in [6.45, 7) is 3.13. The Labute approximate surface area is 89.0 Å². The molecule has 8 heteroatoms. The molecule has 88 valence electrons. The Morgan fingerprint density at radius 3 is 2.80 bits per heavy atom. The molecule has 0 aromatic heterocycles. The second kappa shape index (κ2) is 4.77. The van der Waals surface area contributed by atoms with E-state index in [9.17, 15) is 13.2 Å². The number of ether oxygens (including phenoxy) is 1. The van der Waals surface area contributed by atoms with Crippen molar-refractivity contribution in [3.05, 3.63) is 0 Å². The van der Waals surface area contributed by atoms with Crippen molar-refractivity contribution in [2.45, 2.75) is 13.0 Å². The van der Waals surface area contributed by atoms with Crippen LogP contribution < -0.4 is 10.0 Å². The topological polar surface area (TPSA) is 87.7 Å². The summed E-state index contributed by atoms with van der Waals surface area (Å²) in [7, 11) is -2.64. The van der Waals surface area contributed by atoms with Gasteiger partial charge in [-0.3, -0.25) is 0 Å². The lowest BCUT2D eigenvalue weighted by Gasteiger charge is -2.30. The highest BCUT2D eigenvalue weighted by Crippen LogP contribution is 2.03. The predicted molar refractivity (Wildman–Crippen MR) is 53.5 cm³/mol. The number of nitrogens with zero attached hydrogens (tertiary/aromatic N) is 1. The van der Waals surface area contributed by atoms with Crippen molar-refractivity contribution in [1.82, 2.24) is 14.3 Å². The van der Waals surface area contributed by atoms with Gasteiger partial charge in [-0.15, -0.1) is 0 Å². The van der Waals surface area contributed by atoms with Crippen LogP contribution in [0, 0.1) is 0 Å². The van der Waals surface area contributed by atoms with Crippen LogP contribution in [0.25, 0.3) is 0 Å². The van der Waals surface area contributed by atoms with Gasteiger partial charge in [0.05, 0.1) is 7.11 Å². The van der Waals surface area contributed by atoms with Crippen molar-refractivity contribution in [2.75, 3.05) is 26.7 Å². The third kappa shape index (κ3) is 3.33. The van der Waals surface area contributed by atoms with Crippen LogP contribution in [0.3, 0.4) is 0 Å². The van der Waals surface area contributed by atoms with Crippen LogP contribution in [0.4, 0.5) is 4.79 Å². The van der Waals surface area contributed by atoms with Crippen LogP contribution in [-0.2, 0) is 14.9 Å². The molecule has 1 atom stereocenters. The molecule has 7 nitrogen and oxygen atoms in total. The molecule has 1 fully saturated rings. The maximum absolute atomic E-state index is 11.6. The molecule has 2 N–H and O–H groups in total. The van der Waals surface area contributed by atoms with Gasteiger partial charge in [-0.2, -0.15) is 12.7 Å². The van der Waals surface area contributed by atoms with E-state index in [1.54, 1.807) is 4.72 Å². The Hall–Kier alpha value is -0.860. The maximum Gasteiger partial charge on any atom is 0.421 e. The van der Waals surface area contributed by atoms with Crippen molar-refractivity contribution in [3.8, 4) is 0 Å². The summed E-state index contributed by atoms with van der Waals surface area (Å²) in [5, 5.41) is 3.10. The first-order valence-electron chi connectivity index (χ1n) is 4.55. The van der Waals surface area contributed by atoms with E-state index in [1.807, 2.05) is 6.92 Å². The molecule has 1 aliphatic rings. The zero-order valence-electron chi connectivity index (χ0n) is 8.69. The van der Waals surface area contributed by atoms with E-state index in [4.69, 9.17) is 0 Å². The summed E-state index contributed by atoms with van der Waals surface area (Å²) in [5.74, 6) is 0. The summed E-state index contributed by atoms with van der Waals surface area (Å²) in [5.41, 5.74) is 0. The Balaban J connectivity index is 2.64. The molecular weight excluding hydrogens is 222 g/mol. The summed E-state index contributed by atoms with van der Waals surface area (Å²) in [6.07, 6.45) is -0.971. The smallest absolute Gasteiger partial charge is 0.421 e. The second-order valence-corrected chi connectivity index (χ2v) is 4.98. The summed E-state index contributed by atoms with van der Waals surface area (Å²) in [4.78, 5) is 10.8. The summed E-state index contributed by atoms with van der Waals surface area (Å²) >= 11 is 0. The van der Waals surface area contributed by atoms with Gasteiger partial charge in [0, 0.05) is 25.7 Å². The fourth-order valence-corrected chi connectivity index (χ4v) is 2.50. The lowest BCUT2D eigenvalue weighted by molar-refractivity contribution is 0.176. The standard InChI is InChI=1S/C7H15N3O4S/c1-6-5-10(4-3-8-6)15(12,13)9-7(11)14-2/h6,8H,3-5H2,1-2H3,(H,9,11). The van der Waals surface area contributed by atoms with E-state index < -0.39 is 16.3 Å². The van der Waals surface area contributed by atoms with Crippen molar-refractivity contribution in [1.29, 1.82) is 0 Å². The first kappa shape index (κ1) is 12.2. The second-order valence-electron chi connectivity index (χ2n) is 3.31. The lowest BCUT2D eigenvalue weighted by atomic mass is 10.3. The van der Waals surface area contributed by atoms with E-state index in [-0.39, 0.29) is 6.04 Å². The predicted octanol–water partition coefficient (Wildman–Crippen LogP) is -1.12. The average molecular weight is 237 g/mol. The highest BCUT2D eigenvalue weighted by Gasteiger charge is 2.28. The Kier molecular flexibility index (Phi) is 3.89. The van der Waals surface area contributed by atoms with Crippen molar-refractivity contribution in [2.24, 2.45) is 0 Å². The minimum atomic E-state index is -3.76. The molecule has 1 rings (SSSR count). The van der Waals surface area contributed by atoms with Crippen LogP contribution in [-0.4, -0.2) is 51.6 Å². The number of hydrogen-bond donors (Lipinski definition) is 2. The fourth-order valence-electron chi connectivity index (χ4n) is 1.33. The molecule has 0 aromatic rings. The van der Waals surface area contributed by atoms with E-state index in [0.717, 1.165) is 7.11 Å². The normalized spacial score (nSPS) is 23.5. The number of carbonyl (C=O) groups is 1. The van der Waals surface area contributed by atoms with Crippen molar-refractivity contribution >= 4 is 16.3 Å². The largest absolute Gasteiger partial charge is 0.452 e. The van der Waals surface area contributed by atoms with E-state index in [2.05, 4.69) is 10.1 Å². The highest BCUT2D eigenvalue weighted by molar-refractivity contribution is 7.87. The Morgan fingerprint density at radius 1 is 1.60 bits per heavy atom. The first-order valence-corrected chi connectivity index (χ1v) is 5.99. The number of methoxy groups -OCH3 is 1. The number of carbonyl (C=O) groups excluding carboxylic acids is 1. The third-order valence-corrected chi connectivity index (χ3v) is 3.51. The van der Waals surface area contributed by atoms with Gasteiger partial charge in [0.1, 0.15) is 0 Å². The SMILES string of the molecule is COC(=O)NS(=O)(=O)N1CCNC(C)C1.